The van der Waals surface area contributed by atoms with Gasteiger partial charge in [-0.2, -0.15) is 0 Å². The second kappa shape index (κ2) is 9.00. The summed E-state index contributed by atoms with van der Waals surface area (Å²) in [5, 5.41) is 3.33. The van der Waals surface area contributed by atoms with Crippen molar-refractivity contribution in [3.63, 3.8) is 0 Å². The average molecular weight is 305 g/mol. The van der Waals surface area contributed by atoms with E-state index in [1.165, 1.54) is 32.1 Å². The molecular formula is C15H31NO3S. The van der Waals surface area contributed by atoms with E-state index in [0.717, 1.165) is 6.42 Å². The Labute approximate surface area is 124 Å². The lowest BCUT2D eigenvalue weighted by Crippen LogP contribution is -2.44. The lowest BCUT2D eigenvalue weighted by molar-refractivity contribution is 0.00788. The molecule has 2 atom stereocenters. The number of sulfone groups is 1. The zero-order chi connectivity index (χ0) is 15.0. The van der Waals surface area contributed by atoms with Crippen LogP contribution in [0.5, 0.6) is 0 Å². The van der Waals surface area contributed by atoms with Crippen LogP contribution < -0.4 is 5.32 Å². The van der Waals surface area contributed by atoms with Gasteiger partial charge < -0.3 is 10.1 Å². The largest absolute Gasteiger partial charge is 0.380 e. The van der Waals surface area contributed by atoms with Crippen LogP contribution >= 0.6 is 0 Å². The van der Waals surface area contributed by atoms with Gasteiger partial charge in [0.2, 0.25) is 0 Å². The van der Waals surface area contributed by atoms with Crippen LogP contribution in [0, 0.1) is 5.92 Å². The predicted molar refractivity (Wildman–Crippen MR) is 83.8 cm³/mol. The molecule has 0 radical (unpaired) electrons. The highest BCUT2D eigenvalue weighted by molar-refractivity contribution is 7.91. The summed E-state index contributed by atoms with van der Waals surface area (Å²) in [5.74, 6) is 1.16. The van der Waals surface area contributed by atoms with Crippen LogP contribution in [0.1, 0.15) is 51.9 Å². The number of rotatable bonds is 9. The Bertz CT molecular complexity index is 350. The minimum absolute atomic E-state index is 0.213. The summed E-state index contributed by atoms with van der Waals surface area (Å²) in [6, 6.07) is 0.259. The monoisotopic (exact) mass is 305 g/mol. The highest BCUT2D eigenvalue weighted by Gasteiger charge is 2.29. The molecule has 20 heavy (non-hydrogen) atoms. The van der Waals surface area contributed by atoms with Crippen molar-refractivity contribution in [2.45, 2.75) is 64.0 Å². The van der Waals surface area contributed by atoms with Crippen molar-refractivity contribution in [3.05, 3.63) is 0 Å². The van der Waals surface area contributed by atoms with Crippen molar-refractivity contribution in [1.29, 1.82) is 0 Å². The SMILES string of the molecule is CCS(=O)(=O)CCCC(NC)C(OC)C1CCCCC1. The number of nitrogens with one attached hydrogen (secondary N) is 1. The Morgan fingerprint density at radius 3 is 2.40 bits per heavy atom. The van der Waals surface area contributed by atoms with Gasteiger partial charge in [-0.15, -0.1) is 0 Å². The maximum absolute atomic E-state index is 11.6. The molecular weight excluding hydrogens is 274 g/mol. The fraction of sp³-hybridized carbons (Fsp3) is 1.00. The molecule has 0 aromatic rings. The Hall–Kier alpha value is -0.130. The third-order valence-corrected chi connectivity index (χ3v) is 6.35. The first-order chi connectivity index (χ1) is 9.54. The van der Waals surface area contributed by atoms with E-state index >= 15 is 0 Å². The fourth-order valence-corrected chi connectivity index (χ4v) is 4.18. The van der Waals surface area contributed by atoms with Gasteiger partial charge in [-0.25, -0.2) is 8.42 Å². The molecule has 2 unspecified atom stereocenters. The number of likely N-dealkylation sites (N-methyl/N-ethyl adjacent to an activating group) is 1. The summed E-state index contributed by atoms with van der Waals surface area (Å²) >= 11 is 0. The molecule has 0 saturated heterocycles. The Kier molecular flexibility index (Phi) is 8.07. The van der Waals surface area contributed by atoms with E-state index < -0.39 is 9.84 Å². The molecule has 0 spiro atoms. The van der Waals surface area contributed by atoms with Crippen molar-refractivity contribution >= 4 is 9.84 Å². The number of hydrogen-bond acceptors (Lipinski definition) is 4. The van der Waals surface area contributed by atoms with Crippen LogP contribution in [-0.4, -0.2) is 46.2 Å². The van der Waals surface area contributed by atoms with Crippen molar-refractivity contribution in [3.8, 4) is 0 Å². The summed E-state index contributed by atoms with van der Waals surface area (Å²) in [5.41, 5.74) is 0. The highest BCUT2D eigenvalue weighted by Crippen LogP contribution is 2.30. The van der Waals surface area contributed by atoms with Crippen LogP contribution in [-0.2, 0) is 14.6 Å². The van der Waals surface area contributed by atoms with E-state index in [9.17, 15) is 8.42 Å². The second-order valence-corrected chi connectivity index (χ2v) is 8.34. The van der Waals surface area contributed by atoms with E-state index in [-0.39, 0.29) is 17.9 Å². The summed E-state index contributed by atoms with van der Waals surface area (Å²) in [6.45, 7) is 1.71. The van der Waals surface area contributed by atoms with Crippen LogP contribution in [0.3, 0.4) is 0 Å². The summed E-state index contributed by atoms with van der Waals surface area (Å²) in [4.78, 5) is 0. The number of ether oxygens (including phenoxy) is 1. The Balaban J connectivity index is 2.49. The first-order valence-corrected chi connectivity index (χ1v) is 9.76. The molecule has 1 saturated carbocycles. The molecule has 0 aromatic heterocycles. The van der Waals surface area contributed by atoms with Gasteiger partial charge in [0, 0.05) is 18.9 Å². The molecule has 1 aliphatic carbocycles. The van der Waals surface area contributed by atoms with E-state index in [1.54, 1.807) is 14.0 Å². The highest BCUT2D eigenvalue weighted by atomic mass is 32.2. The molecule has 0 amide bonds. The van der Waals surface area contributed by atoms with E-state index in [4.69, 9.17) is 4.74 Å². The normalized spacial score (nSPS) is 20.8. The third kappa shape index (κ3) is 5.70. The van der Waals surface area contributed by atoms with Crippen molar-refractivity contribution in [1.82, 2.24) is 5.32 Å². The number of hydrogen-bond donors (Lipinski definition) is 1. The molecule has 0 aromatic carbocycles. The zero-order valence-corrected chi connectivity index (χ0v) is 14.0. The van der Waals surface area contributed by atoms with E-state index in [1.807, 2.05) is 7.05 Å². The van der Waals surface area contributed by atoms with E-state index in [0.29, 0.717) is 18.1 Å². The lowest BCUT2D eigenvalue weighted by Gasteiger charge is -2.35. The quantitative estimate of drug-likeness (QED) is 0.710. The second-order valence-electron chi connectivity index (χ2n) is 5.87. The van der Waals surface area contributed by atoms with Gasteiger partial charge in [0.25, 0.3) is 0 Å². The Morgan fingerprint density at radius 1 is 1.25 bits per heavy atom. The van der Waals surface area contributed by atoms with Gasteiger partial charge in [-0.3, -0.25) is 0 Å². The molecule has 0 heterocycles. The molecule has 0 aliphatic heterocycles. The lowest BCUT2D eigenvalue weighted by atomic mass is 9.81. The zero-order valence-electron chi connectivity index (χ0n) is 13.2. The van der Waals surface area contributed by atoms with Crippen LogP contribution in [0.15, 0.2) is 0 Å². The maximum atomic E-state index is 11.6. The third-order valence-electron chi connectivity index (χ3n) is 4.56. The average Bonchev–Trinajstić information content (AvgIpc) is 2.47. The fourth-order valence-electron chi connectivity index (χ4n) is 3.29. The minimum atomic E-state index is -2.85. The first-order valence-electron chi connectivity index (χ1n) is 7.94. The van der Waals surface area contributed by atoms with Gasteiger partial charge in [0.1, 0.15) is 9.84 Å². The smallest absolute Gasteiger partial charge is 0.150 e. The van der Waals surface area contributed by atoms with Crippen molar-refractivity contribution in [2.24, 2.45) is 5.92 Å². The molecule has 1 aliphatic rings. The molecule has 120 valence electrons. The Morgan fingerprint density at radius 2 is 1.90 bits per heavy atom. The maximum Gasteiger partial charge on any atom is 0.150 e. The molecule has 1 fully saturated rings. The van der Waals surface area contributed by atoms with Gasteiger partial charge in [0.15, 0.2) is 0 Å². The van der Waals surface area contributed by atoms with Crippen LogP contribution in [0.4, 0.5) is 0 Å². The first kappa shape index (κ1) is 17.9. The predicted octanol–water partition coefficient (Wildman–Crippen LogP) is 2.38. The van der Waals surface area contributed by atoms with Crippen molar-refractivity contribution < 1.29 is 13.2 Å². The molecule has 1 rings (SSSR count). The summed E-state index contributed by atoms with van der Waals surface area (Å²) in [6.07, 6.45) is 8.21. The standard InChI is InChI=1S/C15H31NO3S/c1-4-20(17,18)12-8-11-14(16-2)15(19-3)13-9-6-5-7-10-13/h13-16H,4-12H2,1-3H3. The van der Waals surface area contributed by atoms with Crippen molar-refractivity contribution in [2.75, 3.05) is 25.7 Å². The van der Waals surface area contributed by atoms with Crippen LogP contribution in [0.2, 0.25) is 0 Å². The van der Waals surface area contributed by atoms with Crippen LogP contribution in [0.25, 0.3) is 0 Å². The van der Waals surface area contributed by atoms with Gasteiger partial charge in [0.05, 0.1) is 11.9 Å². The van der Waals surface area contributed by atoms with E-state index in [2.05, 4.69) is 5.32 Å². The van der Waals surface area contributed by atoms with Gasteiger partial charge in [-0.05, 0) is 38.6 Å². The molecule has 5 heteroatoms. The topological polar surface area (TPSA) is 55.4 Å². The summed E-state index contributed by atoms with van der Waals surface area (Å²) in [7, 11) is 0.887. The minimum Gasteiger partial charge on any atom is -0.380 e. The number of methoxy groups -OCH3 is 1. The van der Waals surface area contributed by atoms with Gasteiger partial charge >= 0.3 is 0 Å². The molecule has 4 nitrogen and oxygen atoms in total. The molecule has 0 bridgehead atoms. The summed E-state index contributed by atoms with van der Waals surface area (Å²) < 4.78 is 28.9. The van der Waals surface area contributed by atoms with Gasteiger partial charge in [-0.1, -0.05) is 26.2 Å². The molecule has 1 N–H and O–H groups in total.